The molecule has 114 valence electrons. The maximum absolute atomic E-state index is 13.2. The number of hydrogen-bond acceptors (Lipinski definition) is 3. The van der Waals surface area contributed by atoms with E-state index in [1.807, 2.05) is 0 Å². The monoisotopic (exact) mass is 305 g/mol. The van der Waals surface area contributed by atoms with E-state index in [1.54, 1.807) is 5.32 Å². The van der Waals surface area contributed by atoms with Crippen molar-refractivity contribution in [2.24, 2.45) is 0 Å². The fourth-order valence-electron chi connectivity index (χ4n) is 1.98. The Morgan fingerprint density at radius 1 is 1.29 bits per heavy atom. The van der Waals surface area contributed by atoms with Gasteiger partial charge in [0.1, 0.15) is 5.82 Å². The zero-order valence-corrected chi connectivity index (χ0v) is 10.8. The predicted molar refractivity (Wildman–Crippen MR) is 64.4 cm³/mol. The van der Waals surface area contributed by atoms with Crippen molar-refractivity contribution in [1.29, 1.82) is 0 Å². The van der Waals surface area contributed by atoms with Gasteiger partial charge in [0, 0.05) is 5.69 Å². The summed E-state index contributed by atoms with van der Waals surface area (Å²) in [7, 11) is 0. The molecule has 1 fully saturated rings. The zero-order valence-electron chi connectivity index (χ0n) is 10.8. The summed E-state index contributed by atoms with van der Waals surface area (Å²) in [6.45, 7) is 0.0749. The molecule has 0 spiro atoms. The summed E-state index contributed by atoms with van der Waals surface area (Å²) in [5.41, 5.74) is 2.57. The molecule has 1 heterocycles. The number of alkyl halides is 3. The maximum Gasteiger partial charge on any atom is 0.420 e. The molecule has 0 radical (unpaired) electrons. The summed E-state index contributed by atoms with van der Waals surface area (Å²) in [6, 6.07) is 2.07. The van der Waals surface area contributed by atoms with E-state index in [1.165, 1.54) is 6.07 Å². The number of benzene rings is 1. The fourth-order valence-corrected chi connectivity index (χ4v) is 1.98. The molecule has 5 nitrogen and oxygen atoms in total. The van der Waals surface area contributed by atoms with Crippen LogP contribution in [-0.4, -0.2) is 28.6 Å². The number of anilines is 1. The van der Waals surface area contributed by atoms with Crippen molar-refractivity contribution < 1.29 is 27.2 Å². The van der Waals surface area contributed by atoms with E-state index in [2.05, 4.69) is 0 Å². The Labute approximate surface area is 116 Å². The van der Waals surface area contributed by atoms with E-state index in [4.69, 9.17) is 5.73 Å². The number of amides is 3. The SMILES string of the molecule is CC1(C(F)(F)F)NC(=O)N(Cc2cc(N)cc(F)c2)C1=O. The van der Waals surface area contributed by atoms with Gasteiger partial charge in [0.2, 0.25) is 5.54 Å². The van der Waals surface area contributed by atoms with E-state index >= 15 is 0 Å². The average molecular weight is 305 g/mol. The number of nitrogens with one attached hydrogen (secondary N) is 1. The van der Waals surface area contributed by atoms with Gasteiger partial charge in [-0.05, 0) is 30.7 Å². The number of halogens is 4. The first-order chi connectivity index (χ1) is 9.54. The van der Waals surface area contributed by atoms with Crippen molar-refractivity contribution in [1.82, 2.24) is 10.2 Å². The number of carbonyl (C=O) groups excluding carboxylic acids is 2. The second kappa shape index (κ2) is 4.61. The molecule has 1 aromatic rings. The molecule has 0 aromatic heterocycles. The van der Waals surface area contributed by atoms with Gasteiger partial charge >= 0.3 is 12.2 Å². The molecule has 1 unspecified atom stereocenters. The van der Waals surface area contributed by atoms with Crippen molar-refractivity contribution in [3.05, 3.63) is 29.6 Å². The second-order valence-electron chi connectivity index (χ2n) is 4.84. The number of urea groups is 1. The minimum absolute atomic E-state index is 0.0376. The van der Waals surface area contributed by atoms with Crippen LogP contribution in [0.1, 0.15) is 12.5 Å². The largest absolute Gasteiger partial charge is 0.420 e. The quantitative estimate of drug-likeness (QED) is 0.497. The Morgan fingerprint density at radius 2 is 1.90 bits per heavy atom. The molecule has 0 saturated carbocycles. The smallest absolute Gasteiger partial charge is 0.399 e. The van der Waals surface area contributed by atoms with Crippen LogP contribution in [0.3, 0.4) is 0 Å². The van der Waals surface area contributed by atoms with Gasteiger partial charge in [0.15, 0.2) is 0 Å². The number of hydrogen-bond donors (Lipinski definition) is 2. The minimum Gasteiger partial charge on any atom is -0.399 e. The van der Waals surface area contributed by atoms with E-state index in [0.717, 1.165) is 12.1 Å². The lowest BCUT2D eigenvalue weighted by atomic mass is 10.0. The summed E-state index contributed by atoms with van der Waals surface area (Å²) >= 11 is 0. The predicted octanol–water partition coefficient (Wildman–Crippen LogP) is 1.78. The third-order valence-corrected chi connectivity index (χ3v) is 3.16. The molecule has 2 rings (SSSR count). The molecule has 1 aliphatic heterocycles. The van der Waals surface area contributed by atoms with Crippen LogP contribution in [0.25, 0.3) is 0 Å². The summed E-state index contributed by atoms with van der Waals surface area (Å²) < 4.78 is 51.8. The van der Waals surface area contributed by atoms with E-state index < -0.39 is 36.0 Å². The number of nitrogens with two attached hydrogens (primary N) is 1. The van der Waals surface area contributed by atoms with E-state index in [9.17, 15) is 27.2 Å². The van der Waals surface area contributed by atoms with Crippen molar-refractivity contribution in [2.75, 3.05) is 5.73 Å². The second-order valence-corrected chi connectivity index (χ2v) is 4.84. The van der Waals surface area contributed by atoms with Crippen LogP contribution in [-0.2, 0) is 11.3 Å². The number of nitrogens with zero attached hydrogens (tertiary/aromatic N) is 1. The summed E-state index contributed by atoms with van der Waals surface area (Å²) in [5, 5.41) is 1.61. The van der Waals surface area contributed by atoms with Gasteiger partial charge in [0.25, 0.3) is 5.91 Å². The first-order valence-corrected chi connectivity index (χ1v) is 5.80. The Kier molecular flexibility index (Phi) is 3.31. The molecule has 9 heteroatoms. The first kappa shape index (κ1) is 15.1. The van der Waals surface area contributed by atoms with Gasteiger partial charge in [0.05, 0.1) is 6.54 Å². The molecule has 1 aliphatic rings. The Bertz CT molecular complexity index is 597. The van der Waals surface area contributed by atoms with Crippen LogP contribution >= 0.6 is 0 Å². The fraction of sp³-hybridized carbons (Fsp3) is 0.333. The van der Waals surface area contributed by atoms with Crippen molar-refractivity contribution >= 4 is 17.6 Å². The molecule has 1 atom stereocenters. The first-order valence-electron chi connectivity index (χ1n) is 5.80. The van der Waals surface area contributed by atoms with Gasteiger partial charge in [-0.2, -0.15) is 13.2 Å². The van der Waals surface area contributed by atoms with Crippen LogP contribution in [0.4, 0.5) is 28.0 Å². The highest BCUT2D eigenvalue weighted by atomic mass is 19.4. The molecular weight excluding hydrogens is 294 g/mol. The molecule has 1 saturated heterocycles. The maximum atomic E-state index is 13.2. The van der Waals surface area contributed by atoms with E-state index in [-0.39, 0.29) is 11.3 Å². The normalized spacial score (nSPS) is 22.6. The lowest BCUT2D eigenvalue weighted by Crippen LogP contribution is -2.56. The van der Waals surface area contributed by atoms with Crippen molar-refractivity contribution in [3.8, 4) is 0 Å². The molecule has 3 amide bonds. The molecule has 0 bridgehead atoms. The average Bonchev–Trinajstić information content (AvgIpc) is 2.52. The zero-order chi connectivity index (χ0) is 16.0. The van der Waals surface area contributed by atoms with E-state index in [0.29, 0.717) is 11.8 Å². The molecule has 3 N–H and O–H groups in total. The number of nitrogen functional groups attached to an aromatic ring is 1. The molecule has 21 heavy (non-hydrogen) atoms. The van der Waals surface area contributed by atoms with Crippen LogP contribution < -0.4 is 11.1 Å². The Morgan fingerprint density at radius 3 is 2.38 bits per heavy atom. The van der Waals surface area contributed by atoms with Gasteiger partial charge in [-0.3, -0.25) is 9.69 Å². The summed E-state index contributed by atoms with van der Waals surface area (Å²) in [6.07, 6.45) is -4.94. The topological polar surface area (TPSA) is 75.4 Å². The highest BCUT2D eigenvalue weighted by Crippen LogP contribution is 2.35. The number of rotatable bonds is 2. The van der Waals surface area contributed by atoms with Crippen LogP contribution in [0.2, 0.25) is 0 Å². The third kappa shape index (κ3) is 2.50. The highest BCUT2D eigenvalue weighted by molar-refractivity contribution is 6.07. The van der Waals surface area contributed by atoms with Crippen LogP contribution in [0.5, 0.6) is 0 Å². The van der Waals surface area contributed by atoms with Crippen molar-refractivity contribution in [3.63, 3.8) is 0 Å². The Balaban J connectivity index is 2.29. The Hall–Kier alpha value is -2.32. The molecular formula is C12H11F4N3O2. The summed E-state index contributed by atoms with van der Waals surface area (Å²) in [4.78, 5) is 23.8. The lowest BCUT2D eigenvalue weighted by Gasteiger charge is -2.24. The van der Waals surface area contributed by atoms with Gasteiger partial charge in [-0.1, -0.05) is 0 Å². The third-order valence-electron chi connectivity index (χ3n) is 3.16. The van der Waals surface area contributed by atoms with Crippen LogP contribution in [0, 0.1) is 5.82 Å². The standard InChI is InChI=1S/C12H11F4N3O2/c1-11(12(14,15)16)9(20)19(10(21)18-11)5-6-2-7(13)4-8(17)3-6/h2-4H,5,17H2,1H3,(H,18,21). The van der Waals surface area contributed by atoms with Crippen molar-refractivity contribution in [2.45, 2.75) is 25.2 Å². The van der Waals surface area contributed by atoms with Gasteiger partial charge < -0.3 is 11.1 Å². The lowest BCUT2D eigenvalue weighted by molar-refractivity contribution is -0.191. The van der Waals surface area contributed by atoms with Gasteiger partial charge in [-0.25, -0.2) is 9.18 Å². The molecule has 1 aromatic carbocycles. The minimum atomic E-state index is -4.94. The number of carbonyl (C=O) groups is 2. The van der Waals surface area contributed by atoms with Crippen LogP contribution in [0.15, 0.2) is 18.2 Å². The molecule has 0 aliphatic carbocycles. The summed E-state index contributed by atoms with van der Waals surface area (Å²) in [5.74, 6) is -2.15. The number of imide groups is 1. The highest BCUT2D eigenvalue weighted by Gasteiger charge is 2.64. The van der Waals surface area contributed by atoms with Gasteiger partial charge in [-0.15, -0.1) is 0 Å².